The molecule has 4 heterocycles. The van der Waals surface area contributed by atoms with Crippen LogP contribution in [0.5, 0.6) is 0 Å². The fourth-order valence-electron chi connectivity index (χ4n) is 4.04. The number of aliphatic hydroxyl groups excluding tert-OH is 2. The van der Waals surface area contributed by atoms with Gasteiger partial charge in [-0.15, -0.1) is 23.1 Å². The summed E-state index contributed by atoms with van der Waals surface area (Å²) in [7, 11) is 0. The molecule has 0 radical (unpaired) electrons. The van der Waals surface area contributed by atoms with Crippen molar-refractivity contribution in [2.75, 3.05) is 12.4 Å². The number of hydrogen-bond acceptors (Lipinski definition) is 7. The van der Waals surface area contributed by atoms with Crippen LogP contribution in [0.1, 0.15) is 18.7 Å². The van der Waals surface area contributed by atoms with Gasteiger partial charge in [-0.3, -0.25) is 9.20 Å². The number of aliphatic hydroxyl groups is 2. The number of thiazole rings is 1. The van der Waals surface area contributed by atoms with E-state index in [0.29, 0.717) is 11.3 Å². The molecule has 0 unspecified atom stereocenters. The molecule has 2 aliphatic heterocycles. The third-order valence-electron chi connectivity index (χ3n) is 5.15. The van der Waals surface area contributed by atoms with Crippen LogP contribution in [0.25, 0.3) is 10.4 Å². The quantitative estimate of drug-likeness (QED) is 0.484. The second-order valence-electron chi connectivity index (χ2n) is 6.75. The molecule has 1 saturated heterocycles. The van der Waals surface area contributed by atoms with Crippen molar-refractivity contribution in [3.63, 3.8) is 0 Å². The zero-order valence-corrected chi connectivity index (χ0v) is 16.3. The number of carboxylic acid groups (broad SMARTS) is 1. The maximum absolute atomic E-state index is 12.4. The minimum Gasteiger partial charge on any atom is -0.477 e. The van der Waals surface area contributed by atoms with Crippen molar-refractivity contribution in [3.8, 4) is 0 Å². The SMILES string of the molecule is C[C@@H](O)[C@H]1C(=O)N2C(C(=O)O)=C(c3cn4cnc(SCCO)c4s3)[C@H](C)[C@H]12. The normalized spacial score (nSPS) is 25.9. The van der Waals surface area contributed by atoms with Gasteiger partial charge in [0.1, 0.15) is 21.9 Å². The van der Waals surface area contributed by atoms with Gasteiger partial charge in [-0.1, -0.05) is 6.92 Å². The van der Waals surface area contributed by atoms with E-state index in [-0.39, 0.29) is 30.2 Å². The van der Waals surface area contributed by atoms with Crippen LogP contribution in [-0.2, 0) is 9.59 Å². The van der Waals surface area contributed by atoms with Crippen LogP contribution < -0.4 is 0 Å². The lowest BCUT2D eigenvalue weighted by atomic mass is 9.77. The molecule has 10 heteroatoms. The van der Waals surface area contributed by atoms with E-state index < -0.39 is 18.0 Å². The Morgan fingerprint density at radius 3 is 2.85 bits per heavy atom. The van der Waals surface area contributed by atoms with Crippen LogP contribution in [0.4, 0.5) is 0 Å². The Balaban J connectivity index is 1.78. The van der Waals surface area contributed by atoms with Gasteiger partial charge in [0.2, 0.25) is 5.91 Å². The molecule has 2 aliphatic rings. The minimum atomic E-state index is -1.14. The van der Waals surface area contributed by atoms with E-state index in [2.05, 4.69) is 4.98 Å². The standard InChI is InChI=1S/C17H19N3O5S2/c1-7-10(9-5-19-6-18-14(16(19)27-9)26-4-3-21)13(17(24)25)20-12(7)11(8(2)22)15(20)23/h5-8,11-12,21-22H,3-4H2,1-2H3,(H,24,25)/t7-,8+,11+,12+/m0/s1. The first-order valence-electron chi connectivity index (χ1n) is 8.56. The topological polar surface area (TPSA) is 115 Å². The highest BCUT2D eigenvalue weighted by molar-refractivity contribution is 7.99. The molecule has 4 atom stereocenters. The molecule has 144 valence electrons. The molecule has 1 fully saturated rings. The molecule has 8 nitrogen and oxygen atoms in total. The molecule has 0 aliphatic carbocycles. The lowest BCUT2D eigenvalue weighted by Gasteiger charge is -2.46. The number of rotatable bonds is 6. The van der Waals surface area contributed by atoms with Gasteiger partial charge < -0.3 is 20.2 Å². The van der Waals surface area contributed by atoms with E-state index >= 15 is 0 Å². The summed E-state index contributed by atoms with van der Waals surface area (Å²) in [6, 6.07) is -0.332. The van der Waals surface area contributed by atoms with Crippen LogP contribution in [0, 0.1) is 11.8 Å². The van der Waals surface area contributed by atoms with Crippen LogP contribution >= 0.6 is 23.1 Å². The van der Waals surface area contributed by atoms with Gasteiger partial charge in [-0.05, 0) is 6.92 Å². The number of amides is 1. The van der Waals surface area contributed by atoms with Crippen molar-refractivity contribution >= 4 is 45.4 Å². The number of carboxylic acids is 1. The number of carbonyl (C=O) groups excluding carboxylic acids is 1. The number of fused-ring (bicyclic) bond motifs is 2. The molecular formula is C17H19N3O5S2. The summed E-state index contributed by atoms with van der Waals surface area (Å²) < 4.78 is 1.84. The number of imidazole rings is 1. The second-order valence-corrected chi connectivity index (χ2v) is 8.87. The van der Waals surface area contributed by atoms with Crippen LogP contribution in [-0.4, -0.2) is 66.0 Å². The number of β-lactam (4-membered cyclic amide) rings is 1. The van der Waals surface area contributed by atoms with E-state index in [9.17, 15) is 19.8 Å². The van der Waals surface area contributed by atoms with Crippen molar-refractivity contribution in [2.45, 2.75) is 31.0 Å². The number of hydrogen-bond donors (Lipinski definition) is 3. The number of thioether (sulfide) groups is 1. The molecule has 4 rings (SSSR count). The van der Waals surface area contributed by atoms with Gasteiger partial charge in [0, 0.05) is 23.4 Å². The minimum absolute atomic E-state index is 0.0106. The Hall–Kier alpha value is -1.88. The van der Waals surface area contributed by atoms with E-state index in [1.807, 2.05) is 17.5 Å². The highest BCUT2D eigenvalue weighted by Crippen LogP contribution is 2.51. The fourth-order valence-corrected chi connectivity index (χ4v) is 6.09. The highest BCUT2D eigenvalue weighted by atomic mass is 32.2. The zero-order valence-electron chi connectivity index (χ0n) is 14.7. The monoisotopic (exact) mass is 409 g/mol. The number of aliphatic carboxylic acids is 1. The van der Waals surface area contributed by atoms with E-state index in [1.165, 1.54) is 28.0 Å². The van der Waals surface area contributed by atoms with Gasteiger partial charge in [0.15, 0.2) is 0 Å². The second kappa shape index (κ2) is 6.62. The Labute approximate surface area is 163 Å². The van der Waals surface area contributed by atoms with E-state index in [0.717, 1.165) is 14.7 Å². The number of nitrogens with zero attached hydrogens (tertiary/aromatic N) is 3. The van der Waals surface area contributed by atoms with Crippen molar-refractivity contribution in [3.05, 3.63) is 23.1 Å². The van der Waals surface area contributed by atoms with Gasteiger partial charge in [0.25, 0.3) is 0 Å². The lowest BCUT2D eigenvalue weighted by Crippen LogP contribution is -2.63. The van der Waals surface area contributed by atoms with Gasteiger partial charge in [0.05, 0.1) is 29.5 Å². The third-order valence-corrected chi connectivity index (χ3v) is 7.38. The summed E-state index contributed by atoms with van der Waals surface area (Å²) in [6.07, 6.45) is 2.67. The number of carbonyl (C=O) groups is 2. The third kappa shape index (κ3) is 2.62. The fraction of sp³-hybridized carbons (Fsp3) is 0.471. The number of aromatic nitrogens is 2. The predicted octanol–water partition coefficient (Wildman–Crippen LogP) is 1.13. The largest absolute Gasteiger partial charge is 0.477 e. The Morgan fingerprint density at radius 1 is 1.48 bits per heavy atom. The zero-order chi connectivity index (χ0) is 19.5. The summed E-state index contributed by atoms with van der Waals surface area (Å²) in [5.41, 5.74) is 0.632. The molecule has 1 amide bonds. The average Bonchev–Trinajstić information content (AvgIpc) is 3.23. The first-order valence-corrected chi connectivity index (χ1v) is 10.4. The molecule has 2 aromatic heterocycles. The maximum Gasteiger partial charge on any atom is 0.352 e. The molecule has 0 bridgehead atoms. The lowest BCUT2D eigenvalue weighted by molar-refractivity contribution is -0.163. The predicted molar refractivity (Wildman–Crippen MR) is 100 cm³/mol. The molecular weight excluding hydrogens is 390 g/mol. The van der Waals surface area contributed by atoms with Gasteiger partial charge in [-0.2, -0.15) is 0 Å². The van der Waals surface area contributed by atoms with Crippen LogP contribution in [0.15, 0.2) is 23.2 Å². The van der Waals surface area contributed by atoms with E-state index in [1.54, 1.807) is 13.3 Å². The molecule has 0 spiro atoms. The summed E-state index contributed by atoms with van der Waals surface area (Å²) in [4.78, 5) is 31.7. The molecule has 27 heavy (non-hydrogen) atoms. The Kier molecular flexibility index (Phi) is 4.53. The summed E-state index contributed by atoms with van der Waals surface area (Å²) in [6.45, 7) is 3.52. The molecule has 0 aromatic carbocycles. The van der Waals surface area contributed by atoms with Crippen molar-refractivity contribution in [1.29, 1.82) is 0 Å². The average molecular weight is 409 g/mol. The molecule has 0 saturated carbocycles. The first-order chi connectivity index (χ1) is 12.9. The maximum atomic E-state index is 12.4. The Morgan fingerprint density at radius 2 is 2.22 bits per heavy atom. The summed E-state index contributed by atoms with van der Waals surface area (Å²) in [5.74, 6) is -1.71. The smallest absolute Gasteiger partial charge is 0.352 e. The summed E-state index contributed by atoms with van der Waals surface area (Å²) >= 11 is 2.86. The Bertz CT molecular complexity index is 963. The van der Waals surface area contributed by atoms with Crippen molar-refractivity contribution < 1.29 is 24.9 Å². The van der Waals surface area contributed by atoms with Crippen LogP contribution in [0.2, 0.25) is 0 Å². The first kappa shape index (κ1) is 18.5. The van der Waals surface area contributed by atoms with Crippen molar-refractivity contribution in [2.24, 2.45) is 11.8 Å². The highest BCUT2D eigenvalue weighted by Gasteiger charge is 2.60. The molecule has 3 N–H and O–H groups in total. The molecule has 2 aromatic rings. The van der Waals surface area contributed by atoms with Gasteiger partial charge >= 0.3 is 5.97 Å². The van der Waals surface area contributed by atoms with Crippen LogP contribution in [0.3, 0.4) is 0 Å². The summed E-state index contributed by atoms with van der Waals surface area (Å²) in [5, 5.41) is 29.5. The van der Waals surface area contributed by atoms with Crippen molar-refractivity contribution in [1.82, 2.24) is 14.3 Å². The van der Waals surface area contributed by atoms with E-state index in [4.69, 9.17) is 5.11 Å². The van der Waals surface area contributed by atoms with Gasteiger partial charge in [-0.25, -0.2) is 9.78 Å².